The van der Waals surface area contributed by atoms with E-state index in [-0.39, 0.29) is 18.1 Å². The van der Waals surface area contributed by atoms with Crippen molar-refractivity contribution in [1.29, 1.82) is 0 Å². The maximum atomic E-state index is 13.6. The Bertz CT molecular complexity index is 699. The Kier molecular flexibility index (Phi) is 5.37. The number of aryl methyl sites for hydroxylation is 1. The first-order valence-electron chi connectivity index (χ1n) is 8.00. The molecule has 1 aromatic heterocycles. The summed E-state index contributed by atoms with van der Waals surface area (Å²) in [5.41, 5.74) is 0.224. The van der Waals surface area contributed by atoms with E-state index >= 15 is 0 Å². The van der Waals surface area contributed by atoms with Crippen molar-refractivity contribution in [3.63, 3.8) is 0 Å². The van der Waals surface area contributed by atoms with E-state index in [9.17, 15) is 9.18 Å². The molecule has 2 heterocycles. The molecular formula is C16H20FN5OS. The SMILES string of the molecule is CCc1nsc(N2CCN(CC(=O)Nc3ccccc3F)CC2)n1. The van der Waals surface area contributed by atoms with Crippen LogP contribution in [-0.2, 0) is 11.2 Å². The Labute approximate surface area is 144 Å². The zero-order valence-corrected chi connectivity index (χ0v) is 14.4. The highest BCUT2D eigenvalue weighted by Gasteiger charge is 2.21. The fraction of sp³-hybridized carbons (Fsp3) is 0.438. The van der Waals surface area contributed by atoms with Crippen molar-refractivity contribution in [2.75, 3.05) is 42.9 Å². The zero-order valence-electron chi connectivity index (χ0n) is 13.5. The molecule has 0 bridgehead atoms. The second-order valence-electron chi connectivity index (χ2n) is 5.64. The van der Waals surface area contributed by atoms with Crippen LogP contribution in [0.1, 0.15) is 12.7 Å². The molecule has 0 radical (unpaired) electrons. The van der Waals surface area contributed by atoms with E-state index in [1.165, 1.54) is 17.6 Å². The minimum Gasteiger partial charge on any atom is -0.344 e. The lowest BCUT2D eigenvalue weighted by molar-refractivity contribution is -0.117. The van der Waals surface area contributed by atoms with Crippen molar-refractivity contribution < 1.29 is 9.18 Å². The maximum absolute atomic E-state index is 13.6. The first-order chi connectivity index (χ1) is 11.7. The van der Waals surface area contributed by atoms with Gasteiger partial charge in [0.25, 0.3) is 0 Å². The molecule has 1 aliphatic rings. The van der Waals surface area contributed by atoms with Crippen molar-refractivity contribution in [3.05, 3.63) is 35.9 Å². The molecule has 2 aromatic rings. The highest BCUT2D eigenvalue weighted by molar-refractivity contribution is 7.09. The van der Waals surface area contributed by atoms with Crippen LogP contribution < -0.4 is 10.2 Å². The lowest BCUT2D eigenvalue weighted by atomic mass is 10.3. The van der Waals surface area contributed by atoms with E-state index in [0.717, 1.165) is 43.6 Å². The standard InChI is InChI=1S/C16H20FN5OS/c1-2-14-19-16(24-20-14)22-9-7-21(8-10-22)11-15(23)18-13-6-4-3-5-12(13)17/h3-6H,2,7-11H2,1H3,(H,18,23). The van der Waals surface area contributed by atoms with Gasteiger partial charge in [0.15, 0.2) is 0 Å². The Morgan fingerprint density at radius 3 is 2.71 bits per heavy atom. The van der Waals surface area contributed by atoms with Crippen LogP contribution in [0.4, 0.5) is 15.2 Å². The third-order valence-corrected chi connectivity index (χ3v) is 4.75. The van der Waals surface area contributed by atoms with Crippen molar-refractivity contribution in [2.45, 2.75) is 13.3 Å². The third-order valence-electron chi connectivity index (χ3n) is 3.93. The van der Waals surface area contributed by atoms with Crippen LogP contribution in [0.25, 0.3) is 0 Å². The Hall–Kier alpha value is -2.06. The van der Waals surface area contributed by atoms with Gasteiger partial charge in [0, 0.05) is 44.1 Å². The highest BCUT2D eigenvalue weighted by atomic mass is 32.1. The van der Waals surface area contributed by atoms with Crippen molar-refractivity contribution >= 4 is 28.3 Å². The second-order valence-corrected chi connectivity index (χ2v) is 6.37. The predicted molar refractivity (Wildman–Crippen MR) is 93.0 cm³/mol. The van der Waals surface area contributed by atoms with Crippen molar-refractivity contribution in [2.24, 2.45) is 0 Å². The molecule has 8 heteroatoms. The van der Waals surface area contributed by atoms with E-state index < -0.39 is 5.82 Å². The smallest absolute Gasteiger partial charge is 0.238 e. The van der Waals surface area contributed by atoms with E-state index in [2.05, 4.69) is 24.5 Å². The topological polar surface area (TPSA) is 61.4 Å². The predicted octanol–water partition coefficient (Wildman–Crippen LogP) is 2.00. The van der Waals surface area contributed by atoms with Crippen LogP contribution in [0.3, 0.4) is 0 Å². The number of carbonyl (C=O) groups is 1. The zero-order chi connectivity index (χ0) is 16.9. The third kappa shape index (κ3) is 4.07. The fourth-order valence-electron chi connectivity index (χ4n) is 2.57. The number of rotatable bonds is 5. The Morgan fingerprint density at radius 1 is 1.29 bits per heavy atom. The number of carbonyl (C=O) groups excluding carboxylic acids is 1. The summed E-state index contributed by atoms with van der Waals surface area (Å²) in [5.74, 6) is 0.262. The van der Waals surface area contributed by atoms with Crippen molar-refractivity contribution in [1.82, 2.24) is 14.3 Å². The summed E-state index contributed by atoms with van der Waals surface area (Å²) in [7, 11) is 0. The number of benzene rings is 1. The summed E-state index contributed by atoms with van der Waals surface area (Å²) in [6.07, 6.45) is 0.840. The van der Waals surface area contributed by atoms with Gasteiger partial charge in [-0.3, -0.25) is 9.69 Å². The minimum absolute atomic E-state index is 0.197. The number of halogens is 1. The average Bonchev–Trinajstić information content (AvgIpc) is 3.07. The number of nitrogens with one attached hydrogen (secondary N) is 1. The van der Waals surface area contributed by atoms with Gasteiger partial charge in [-0.1, -0.05) is 19.1 Å². The van der Waals surface area contributed by atoms with E-state index in [1.807, 2.05) is 6.92 Å². The normalized spacial score (nSPS) is 15.5. The number of amides is 1. The summed E-state index contributed by atoms with van der Waals surface area (Å²) >= 11 is 1.42. The molecule has 1 aromatic carbocycles. The van der Waals surface area contributed by atoms with Crippen LogP contribution in [0.2, 0.25) is 0 Å². The van der Waals surface area contributed by atoms with E-state index in [1.54, 1.807) is 18.2 Å². The molecule has 128 valence electrons. The van der Waals surface area contributed by atoms with Crippen LogP contribution in [0, 0.1) is 5.82 Å². The van der Waals surface area contributed by atoms with Gasteiger partial charge in [0.2, 0.25) is 11.0 Å². The van der Waals surface area contributed by atoms with Gasteiger partial charge in [-0.25, -0.2) is 9.37 Å². The maximum Gasteiger partial charge on any atom is 0.238 e. The lowest BCUT2D eigenvalue weighted by Gasteiger charge is -2.33. The van der Waals surface area contributed by atoms with Crippen LogP contribution >= 0.6 is 11.5 Å². The first-order valence-corrected chi connectivity index (χ1v) is 8.77. The average molecular weight is 349 g/mol. The van der Waals surface area contributed by atoms with Crippen LogP contribution in [-0.4, -0.2) is 52.9 Å². The van der Waals surface area contributed by atoms with E-state index in [4.69, 9.17) is 0 Å². The molecule has 24 heavy (non-hydrogen) atoms. The van der Waals surface area contributed by atoms with E-state index in [0.29, 0.717) is 0 Å². The first kappa shape index (κ1) is 16.8. The fourth-order valence-corrected chi connectivity index (χ4v) is 3.37. The molecule has 0 atom stereocenters. The summed E-state index contributed by atoms with van der Waals surface area (Å²) in [6.45, 7) is 5.46. The Balaban J connectivity index is 1.48. The number of piperazine rings is 1. The largest absolute Gasteiger partial charge is 0.344 e. The summed E-state index contributed by atoms with van der Waals surface area (Å²) < 4.78 is 17.9. The minimum atomic E-state index is -0.418. The number of hydrogen-bond donors (Lipinski definition) is 1. The molecule has 0 saturated carbocycles. The number of nitrogens with zero attached hydrogens (tertiary/aromatic N) is 4. The highest BCUT2D eigenvalue weighted by Crippen LogP contribution is 2.19. The van der Waals surface area contributed by atoms with Crippen LogP contribution in [0.15, 0.2) is 24.3 Å². The van der Waals surface area contributed by atoms with Gasteiger partial charge in [0.1, 0.15) is 11.6 Å². The number of para-hydroxylation sites is 1. The molecule has 0 spiro atoms. The molecule has 1 fully saturated rings. The molecule has 3 rings (SSSR count). The molecule has 0 aliphatic carbocycles. The number of anilines is 2. The van der Waals surface area contributed by atoms with Gasteiger partial charge in [0.05, 0.1) is 12.2 Å². The summed E-state index contributed by atoms with van der Waals surface area (Å²) in [5, 5.41) is 3.57. The van der Waals surface area contributed by atoms with Gasteiger partial charge in [-0.2, -0.15) is 4.37 Å². The molecule has 0 unspecified atom stereocenters. The summed E-state index contributed by atoms with van der Waals surface area (Å²) in [4.78, 5) is 20.8. The second kappa shape index (κ2) is 7.67. The quantitative estimate of drug-likeness (QED) is 0.895. The summed E-state index contributed by atoms with van der Waals surface area (Å²) in [6, 6.07) is 6.19. The van der Waals surface area contributed by atoms with Crippen LogP contribution in [0.5, 0.6) is 0 Å². The molecule has 1 amide bonds. The van der Waals surface area contributed by atoms with Gasteiger partial charge in [-0.15, -0.1) is 0 Å². The molecular weight excluding hydrogens is 329 g/mol. The van der Waals surface area contributed by atoms with Gasteiger partial charge in [-0.05, 0) is 12.1 Å². The molecule has 1 N–H and O–H groups in total. The van der Waals surface area contributed by atoms with Gasteiger partial charge >= 0.3 is 0 Å². The van der Waals surface area contributed by atoms with Gasteiger partial charge < -0.3 is 10.2 Å². The lowest BCUT2D eigenvalue weighted by Crippen LogP contribution is -2.48. The van der Waals surface area contributed by atoms with Crippen molar-refractivity contribution in [3.8, 4) is 0 Å². The monoisotopic (exact) mass is 349 g/mol. The Morgan fingerprint density at radius 2 is 2.04 bits per heavy atom. The molecule has 1 aliphatic heterocycles. The molecule has 1 saturated heterocycles. The number of hydrogen-bond acceptors (Lipinski definition) is 6. The molecule has 6 nitrogen and oxygen atoms in total. The number of aromatic nitrogens is 2.